The Morgan fingerprint density at radius 1 is 0.643 bits per heavy atom. The summed E-state index contributed by atoms with van der Waals surface area (Å²) < 4.78 is 4.99. The van der Waals surface area contributed by atoms with Crippen LogP contribution in [0.15, 0.2) is 84.0 Å². The monoisotopic (exact) mass is 788 g/mol. The quantitative estimate of drug-likeness (QED) is 0.119. The van der Waals surface area contributed by atoms with Gasteiger partial charge in [0.15, 0.2) is 0 Å². The Bertz CT molecular complexity index is 1910. The molecule has 0 bridgehead atoms. The fraction of sp³-hybridized carbons (Fsp3) is 0.560. The van der Waals surface area contributed by atoms with Crippen molar-refractivity contribution in [3.8, 4) is 0 Å². The Hall–Kier alpha value is -2.06. The summed E-state index contributed by atoms with van der Waals surface area (Å²) in [6.45, 7) is 29.8. The third kappa shape index (κ3) is 10.6. The van der Waals surface area contributed by atoms with E-state index in [9.17, 15) is 9.59 Å². The van der Waals surface area contributed by atoms with Crippen LogP contribution in [0.3, 0.4) is 0 Å². The third-order valence-corrected chi connectivity index (χ3v) is 13.8. The van der Waals surface area contributed by atoms with Crippen LogP contribution in [0.1, 0.15) is 162 Å². The first-order valence-corrected chi connectivity index (χ1v) is 20.4. The summed E-state index contributed by atoms with van der Waals surface area (Å²) in [4.78, 5) is 22.3. The summed E-state index contributed by atoms with van der Waals surface area (Å²) in [5, 5.41) is 8.84. The Morgan fingerprint density at radius 2 is 1.00 bits per heavy atom. The van der Waals surface area contributed by atoms with E-state index >= 15 is 0 Å². The van der Waals surface area contributed by atoms with Crippen molar-refractivity contribution >= 4 is 11.9 Å². The van der Waals surface area contributed by atoms with Gasteiger partial charge in [-0.1, -0.05) is 130 Å². The van der Waals surface area contributed by atoms with Gasteiger partial charge in [0.05, 0.1) is 6.61 Å². The molecular weight excluding hydrogens is 720 g/mol. The molecule has 0 aromatic heterocycles. The van der Waals surface area contributed by atoms with Crippen molar-refractivity contribution in [2.24, 2.45) is 11.8 Å². The summed E-state index contributed by atoms with van der Waals surface area (Å²) in [5.41, 5.74) is 12.1. The molecule has 0 saturated heterocycles. The Labute approximate surface area is 381 Å². The second-order valence-electron chi connectivity index (χ2n) is 20.1. The zero-order valence-electron chi connectivity index (χ0n) is 37.2. The minimum atomic E-state index is -0.884. The first kappa shape index (κ1) is 48.3. The zero-order valence-corrected chi connectivity index (χ0v) is 40.3. The summed E-state index contributed by atoms with van der Waals surface area (Å²) in [6.07, 6.45) is 18.6. The van der Waals surface area contributed by atoms with Crippen LogP contribution in [0.5, 0.6) is 0 Å². The minimum Gasteiger partial charge on any atom is -0.870 e. The average Bonchev–Trinajstić information content (AvgIpc) is 3.97. The number of benzene rings is 2. The van der Waals surface area contributed by atoms with Gasteiger partial charge in [-0.15, -0.1) is 0 Å². The van der Waals surface area contributed by atoms with Gasteiger partial charge in [-0.3, -0.25) is 0 Å². The number of rotatable bonds is 9. The molecule has 0 amide bonds. The van der Waals surface area contributed by atoms with Crippen molar-refractivity contribution in [1.82, 2.24) is 0 Å². The Kier molecular flexibility index (Phi) is 15.2. The predicted octanol–water partition coefficient (Wildman–Crippen LogP) is 9.11. The fourth-order valence-electron chi connectivity index (χ4n) is 9.11. The van der Waals surface area contributed by atoms with Crippen molar-refractivity contribution in [3.05, 3.63) is 117 Å². The number of esters is 1. The van der Waals surface area contributed by atoms with Gasteiger partial charge < -0.3 is 15.3 Å². The Morgan fingerprint density at radius 3 is 1.36 bits per heavy atom. The maximum absolute atomic E-state index is 11.6. The van der Waals surface area contributed by atoms with E-state index in [2.05, 4.69) is 124 Å². The molecule has 0 aliphatic heterocycles. The van der Waals surface area contributed by atoms with E-state index in [1.807, 2.05) is 26.8 Å². The van der Waals surface area contributed by atoms with Crippen LogP contribution in [0.4, 0.5) is 0 Å². The number of aliphatic carboxylic acids is 1. The molecule has 2 aromatic carbocycles. The molecule has 300 valence electrons. The van der Waals surface area contributed by atoms with Gasteiger partial charge in [0.1, 0.15) is 0 Å². The first-order chi connectivity index (χ1) is 24.9. The standard InChI is InChI=1S/C26H36O2.C24H32O2.K.H2O/c1-8-28-23(27)15-18(2)9-10-20-17-26(20,7)19-11-12-21-22(16-19)25(5,6)14-13-24(21,3)4;1-16(13-21(25)26)7-8-18-15-24(18,6)17-9-10-19-20(14-17)23(4,5)12-11-22(19,2)3;;/h9-12,15-16,20H,8,13-14,17H2,1-7H3;7-10,13-14,18H,11-12,15H2,1-6H3,(H,25,26);;1H2/q;;+1;/p-1/b10-9+,18-15+;8-7+,16-13+;;. The van der Waals surface area contributed by atoms with Crippen molar-refractivity contribution in [2.45, 2.75) is 161 Å². The molecule has 0 radical (unpaired) electrons. The summed E-state index contributed by atoms with van der Waals surface area (Å²) >= 11 is 0. The molecule has 4 aliphatic carbocycles. The molecule has 2 N–H and O–H groups in total. The van der Waals surface area contributed by atoms with E-state index in [4.69, 9.17) is 9.84 Å². The van der Waals surface area contributed by atoms with E-state index in [0.717, 1.165) is 17.6 Å². The van der Waals surface area contributed by atoms with Crippen LogP contribution >= 0.6 is 0 Å². The molecule has 6 rings (SSSR count). The van der Waals surface area contributed by atoms with Crippen LogP contribution in [0.2, 0.25) is 0 Å². The van der Waals surface area contributed by atoms with Gasteiger partial charge >= 0.3 is 63.3 Å². The number of allylic oxidation sites excluding steroid dienone is 6. The fourth-order valence-corrected chi connectivity index (χ4v) is 9.11. The van der Waals surface area contributed by atoms with Crippen molar-refractivity contribution in [3.63, 3.8) is 0 Å². The van der Waals surface area contributed by atoms with E-state index in [1.165, 1.54) is 71.6 Å². The zero-order chi connectivity index (χ0) is 40.1. The number of hydrogen-bond donors (Lipinski definition) is 1. The van der Waals surface area contributed by atoms with Crippen molar-refractivity contribution in [1.29, 1.82) is 0 Å². The second-order valence-corrected chi connectivity index (χ2v) is 20.1. The first-order valence-electron chi connectivity index (χ1n) is 20.4. The van der Waals surface area contributed by atoms with Crippen LogP contribution < -0.4 is 51.4 Å². The van der Waals surface area contributed by atoms with Crippen molar-refractivity contribution in [2.75, 3.05) is 6.61 Å². The van der Waals surface area contributed by atoms with E-state index < -0.39 is 5.97 Å². The number of carboxylic acids is 1. The molecule has 4 unspecified atom stereocenters. The molecule has 4 aliphatic rings. The maximum Gasteiger partial charge on any atom is 1.00 e. The van der Waals surface area contributed by atoms with Gasteiger partial charge in [-0.25, -0.2) is 9.59 Å². The molecule has 6 heteroatoms. The van der Waals surface area contributed by atoms with Gasteiger partial charge in [0, 0.05) is 12.2 Å². The van der Waals surface area contributed by atoms with E-state index in [-0.39, 0.29) is 95.3 Å². The number of carboxylic acid groups (broad SMARTS) is 1. The van der Waals surface area contributed by atoms with Crippen molar-refractivity contribution < 1.29 is 76.3 Å². The Balaban J connectivity index is 0.000000291. The maximum atomic E-state index is 11.6. The molecule has 5 nitrogen and oxygen atoms in total. The minimum absolute atomic E-state index is 0. The second kappa shape index (κ2) is 17.7. The number of carbonyl (C=O) groups excluding carboxylic acids is 1. The predicted molar refractivity (Wildman–Crippen MR) is 226 cm³/mol. The summed E-state index contributed by atoms with van der Waals surface area (Å²) in [7, 11) is 0. The van der Waals surface area contributed by atoms with Crippen LogP contribution in [0.25, 0.3) is 0 Å². The molecule has 2 aromatic rings. The number of fused-ring (bicyclic) bond motifs is 2. The molecule has 2 fully saturated rings. The van der Waals surface area contributed by atoms with Gasteiger partial charge in [0.25, 0.3) is 0 Å². The molecule has 56 heavy (non-hydrogen) atoms. The van der Waals surface area contributed by atoms with E-state index in [1.54, 1.807) is 6.08 Å². The summed E-state index contributed by atoms with van der Waals surface area (Å²) in [5.74, 6) is -0.138. The topological polar surface area (TPSA) is 93.6 Å². The van der Waals surface area contributed by atoms with E-state index in [0.29, 0.717) is 18.4 Å². The van der Waals surface area contributed by atoms with Gasteiger partial charge in [-0.2, -0.15) is 0 Å². The SMILES string of the molecule is CC(/C=C/C1CC1(C)c1ccc2c(c1)C(C)(C)CCC2(C)C)=C\C(=O)O.CCOC(=O)/C=C(C)/C=C/C1CC1(C)c1ccc2c(c1)C(C)(C)CCC2(C)C.[K+].[OH-]. The molecule has 4 atom stereocenters. The number of hydrogen-bond acceptors (Lipinski definition) is 4. The largest absolute Gasteiger partial charge is 1.00 e. The molecule has 0 spiro atoms. The molecule has 2 saturated carbocycles. The number of carbonyl (C=O) groups is 2. The smallest absolute Gasteiger partial charge is 0.870 e. The summed E-state index contributed by atoms with van der Waals surface area (Å²) in [6, 6.07) is 14.4. The van der Waals surface area contributed by atoms with Crippen LogP contribution in [-0.4, -0.2) is 29.1 Å². The third-order valence-electron chi connectivity index (χ3n) is 13.8. The van der Waals surface area contributed by atoms with Gasteiger partial charge in [-0.05, 0) is 148 Å². The normalized spacial score (nSPS) is 27.7. The van der Waals surface area contributed by atoms with Crippen LogP contribution in [-0.2, 0) is 46.8 Å². The van der Waals surface area contributed by atoms with Gasteiger partial charge in [0.2, 0.25) is 0 Å². The van der Waals surface area contributed by atoms with Crippen LogP contribution in [0, 0.1) is 11.8 Å². The molecular formula is C50H69KO5. The average molecular weight is 789 g/mol. The molecule has 0 heterocycles. The number of ether oxygens (including phenoxy) is 1.